The fourth-order valence-electron chi connectivity index (χ4n) is 3.36. The number of esters is 1. The van der Waals surface area contributed by atoms with Crippen molar-refractivity contribution >= 4 is 56.9 Å². The highest BCUT2D eigenvalue weighted by atomic mass is 35.5. The number of thiophene rings is 1. The zero-order valence-corrected chi connectivity index (χ0v) is 18.3. The largest absolute Gasteiger partial charge is 0.495 e. The second-order valence-corrected chi connectivity index (χ2v) is 8.49. The summed E-state index contributed by atoms with van der Waals surface area (Å²) < 4.78 is 10.4. The van der Waals surface area contributed by atoms with Crippen LogP contribution in [0.4, 0.5) is 10.7 Å². The minimum absolute atomic E-state index is 0.330. The van der Waals surface area contributed by atoms with Gasteiger partial charge in [-0.05, 0) is 61.7 Å². The molecular weight excluding hydrogens is 416 g/mol. The van der Waals surface area contributed by atoms with Crippen LogP contribution in [0.5, 0.6) is 5.75 Å². The lowest BCUT2D eigenvalue weighted by Crippen LogP contribution is -2.20. The number of thiocarbonyl (C=S) groups is 1. The molecule has 150 valence electrons. The Bertz CT molecular complexity index is 883. The van der Waals surface area contributed by atoms with E-state index in [1.54, 1.807) is 36.6 Å². The van der Waals surface area contributed by atoms with Crippen molar-refractivity contribution in [3.05, 3.63) is 39.2 Å². The Balaban J connectivity index is 1.87. The number of hydrogen-bond acceptors (Lipinski definition) is 5. The fourth-order valence-corrected chi connectivity index (χ4v) is 5.09. The average Bonchev–Trinajstić information content (AvgIpc) is 2.97. The number of carbonyl (C=O) groups is 1. The minimum Gasteiger partial charge on any atom is -0.495 e. The first-order chi connectivity index (χ1) is 13.5. The molecule has 0 fully saturated rings. The Kier molecular flexibility index (Phi) is 7.15. The molecule has 8 heteroatoms. The number of anilines is 2. The van der Waals surface area contributed by atoms with E-state index in [0.29, 0.717) is 27.1 Å². The molecule has 2 N–H and O–H groups in total. The van der Waals surface area contributed by atoms with Crippen molar-refractivity contribution in [3.8, 4) is 5.75 Å². The van der Waals surface area contributed by atoms with Gasteiger partial charge >= 0.3 is 5.97 Å². The van der Waals surface area contributed by atoms with Crippen LogP contribution in [-0.4, -0.2) is 25.3 Å². The summed E-state index contributed by atoms with van der Waals surface area (Å²) >= 11 is 13.1. The number of methoxy groups -OCH3 is 2. The molecule has 0 unspecified atom stereocenters. The van der Waals surface area contributed by atoms with Gasteiger partial charge in [0.15, 0.2) is 5.11 Å². The third-order valence-corrected chi connectivity index (χ3v) is 6.34. The number of nitrogens with one attached hydrogen (secondary N) is 2. The Labute approximate surface area is 179 Å². The van der Waals surface area contributed by atoms with Crippen LogP contribution in [0.1, 0.15) is 46.5 Å². The Morgan fingerprint density at radius 1 is 1.14 bits per heavy atom. The van der Waals surface area contributed by atoms with Gasteiger partial charge in [-0.2, -0.15) is 0 Å². The van der Waals surface area contributed by atoms with Gasteiger partial charge in [-0.1, -0.05) is 24.4 Å². The standard InChI is InChI=1S/C20H23ClN2O3S2/c1-25-15-10-9-12(21)11-14(15)22-20(27)23-18-17(19(24)26-2)13-7-5-3-4-6-8-16(13)28-18/h9-11H,3-8H2,1-2H3,(H2,22,23,27). The second kappa shape index (κ2) is 9.58. The molecule has 0 amide bonds. The monoisotopic (exact) mass is 438 g/mol. The lowest BCUT2D eigenvalue weighted by atomic mass is 9.96. The number of carbonyl (C=O) groups excluding carboxylic acids is 1. The van der Waals surface area contributed by atoms with Crippen molar-refractivity contribution in [2.45, 2.75) is 38.5 Å². The highest BCUT2D eigenvalue weighted by molar-refractivity contribution is 7.80. The SMILES string of the molecule is COC(=O)c1c(NC(=S)Nc2cc(Cl)ccc2OC)sc2c1CCCCCC2. The van der Waals surface area contributed by atoms with Crippen molar-refractivity contribution < 1.29 is 14.3 Å². The van der Waals surface area contributed by atoms with E-state index >= 15 is 0 Å². The summed E-state index contributed by atoms with van der Waals surface area (Å²) in [6.45, 7) is 0. The van der Waals surface area contributed by atoms with Gasteiger partial charge in [0.2, 0.25) is 0 Å². The van der Waals surface area contributed by atoms with E-state index in [0.717, 1.165) is 36.2 Å². The zero-order valence-electron chi connectivity index (χ0n) is 15.9. The summed E-state index contributed by atoms with van der Waals surface area (Å²) in [6.07, 6.45) is 6.50. The molecule has 0 atom stereocenters. The van der Waals surface area contributed by atoms with E-state index in [9.17, 15) is 4.79 Å². The predicted molar refractivity (Wildman–Crippen MR) is 119 cm³/mol. The highest BCUT2D eigenvalue weighted by Gasteiger charge is 2.25. The number of benzene rings is 1. The predicted octanol–water partition coefficient (Wildman–Crippen LogP) is 5.66. The molecule has 2 aromatic rings. The lowest BCUT2D eigenvalue weighted by molar-refractivity contribution is 0.0601. The van der Waals surface area contributed by atoms with Gasteiger partial charge in [-0.25, -0.2) is 4.79 Å². The highest BCUT2D eigenvalue weighted by Crippen LogP contribution is 2.38. The Morgan fingerprint density at radius 3 is 2.61 bits per heavy atom. The maximum absolute atomic E-state index is 12.5. The molecule has 0 aliphatic heterocycles. The summed E-state index contributed by atoms with van der Waals surface area (Å²) in [7, 11) is 2.99. The third-order valence-electron chi connectivity index (χ3n) is 4.70. The Morgan fingerprint density at radius 2 is 1.89 bits per heavy atom. The number of fused-ring (bicyclic) bond motifs is 1. The van der Waals surface area contributed by atoms with Crippen LogP contribution >= 0.6 is 35.2 Å². The summed E-state index contributed by atoms with van der Waals surface area (Å²) in [6, 6.07) is 5.25. The molecule has 5 nitrogen and oxygen atoms in total. The maximum atomic E-state index is 12.5. The smallest absolute Gasteiger partial charge is 0.341 e. The Hall–Kier alpha value is -1.83. The van der Waals surface area contributed by atoms with Gasteiger partial charge in [0.1, 0.15) is 10.8 Å². The van der Waals surface area contributed by atoms with Crippen LogP contribution in [0.15, 0.2) is 18.2 Å². The van der Waals surface area contributed by atoms with Gasteiger partial charge in [0, 0.05) is 9.90 Å². The number of halogens is 1. The molecule has 0 spiro atoms. The van der Waals surface area contributed by atoms with Crippen molar-refractivity contribution in [2.75, 3.05) is 24.9 Å². The van der Waals surface area contributed by atoms with E-state index in [2.05, 4.69) is 10.6 Å². The molecule has 1 aromatic carbocycles. The van der Waals surface area contributed by atoms with E-state index in [4.69, 9.17) is 33.3 Å². The number of ether oxygens (including phenoxy) is 2. The first kappa shape index (κ1) is 20.9. The van der Waals surface area contributed by atoms with Crippen molar-refractivity contribution in [1.82, 2.24) is 0 Å². The summed E-state index contributed by atoms with van der Waals surface area (Å²) in [5.41, 5.74) is 2.36. The second-order valence-electron chi connectivity index (χ2n) is 6.54. The van der Waals surface area contributed by atoms with Gasteiger partial charge in [0.05, 0.1) is 25.5 Å². The van der Waals surface area contributed by atoms with Crippen LogP contribution in [-0.2, 0) is 17.6 Å². The van der Waals surface area contributed by atoms with Crippen LogP contribution in [0.25, 0.3) is 0 Å². The molecule has 0 bridgehead atoms. The van der Waals surface area contributed by atoms with E-state index < -0.39 is 0 Å². The van der Waals surface area contributed by atoms with Crippen LogP contribution in [0.3, 0.4) is 0 Å². The summed E-state index contributed by atoms with van der Waals surface area (Å²) in [4.78, 5) is 13.7. The molecule has 3 rings (SSSR count). The van der Waals surface area contributed by atoms with Gasteiger partial charge in [-0.3, -0.25) is 0 Å². The average molecular weight is 439 g/mol. The summed E-state index contributed by atoms with van der Waals surface area (Å²) in [5.74, 6) is 0.295. The zero-order chi connectivity index (χ0) is 20.1. The molecule has 0 radical (unpaired) electrons. The lowest BCUT2D eigenvalue weighted by Gasteiger charge is -2.14. The van der Waals surface area contributed by atoms with Crippen LogP contribution in [0, 0.1) is 0 Å². The molecule has 1 aliphatic rings. The topological polar surface area (TPSA) is 59.6 Å². The quantitative estimate of drug-likeness (QED) is 0.474. The first-order valence-corrected chi connectivity index (χ1v) is 10.8. The molecule has 1 heterocycles. The van der Waals surface area contributed by atoms with E-state index in [1.165, 1.54) is 24.8 Å². The van der Waals surface area contributed by atoms with Gasteiger partial charge < -0.3 is 20.1 Å². The van der Waals surface area contributed by atoms with Gasteiger partial charge in [-0.15, -0.1) is 11.3 Å². The van der Waals surface area contributed by atoms with Crippen molar-refractivity contribution in [1.29, 1.82) is 0 Å². The molecule has 0 saturated heterocycles. The van der Waals surface area contributed by atoms with Crippen molar-refractivity contribution in [2.24, 2.45) is 0 Å². The minimum atomic E-state index is -0.330. The maximum Gasteiger partial charge on any atom is 0.341 e. The normalized spacial score (nSPS) is 13.7. The van der Waals surface area contributed by atoms with E-state index in [-0.39, 0.29) is 5.97 Å². The molecule has 0 saturated carbocycles. The molecule has 1 aromatic heterocycles. The number of aryl methyl sites for hydroxylation is 1. The summed E-state index contributed by atoms with van der Waals surface area (Å²) in [5, 5.41) is 7.94. The van der Waals surface area contributed by atoms with Crippen molar-refractivity contribution in [3.63, 3.8) is 0 Å². The number of hydrogen-bond donors (Lipinski definition) is 2. The van der Waals surface area contributed by atoms with Crippen LogP contribution in [0.2, 0.25) is 5.02 Å². The van der Waals surface area contributed by atoms with E-state index in [1.807, 2.05) is 0 Å². The first-order valence-electron chi connectivity index (χ1n) is 9.18. The fraction of sp³-hybridized carbons (Fsp3) is 0.400. The molecule has 28 heavy (non-hydrogen) atoms. The number of rotatable bonds is 4. The molecular formula is C20H23ClN2O3S2. The van der Waals surface area contributed by atoms with Gasteiger partial charge in [0.25, 0.3) is 0 Å². The third kappa shape index (κ3) is 4.77. The molecule has 1 aliphatic carbocycles. The van der Waals surface area contributed by atoms with Crippen LogP contribution < -0.4 is 15.4 Å².